The van der Waals surface area contributed by atoms with Crippen LogP contribution in [-0.4, -0.2) is 31.2 Å². The first-order chi connectivity index (χ1) is 5.85. The molecule has 0 aromatic carbocycles. The molecule has 1 nitrogen and oxygen atoms in total. The van der Waals surface area contributed by atoms with Crippen LogP contribution in [-0.2, 0) is 0 Å². The van der Waals surface area contributed by atoms with Crippen LogP contribution >= 0.6 is 0 Å². The normalized spacial score (nSPS) is 12.2. The minimum absolute atomic E-state index is 0.423. The van der Waals surface area contributed by atoms with Crippen LogP contribution in [0.5, 0.6) is 0 Å². The number of nitrogens with zero attached hydrogens (tertiary/aromatic N) is 1. The van der Waals surface area contributed by atoms with E-state index in [2.05, 4.69) is 6.58 Å². The highest BCUT2D eigenvalue weighted by Gasteiger charge is 2.28. The standard InChI is InChI=1S/C9H16F3N/c1-4-8(2)5-6-13(3)7-9(10,11)12/h2,4-7H2,1,3H3. The molecule has 0 rings (SSSR count). The summed E-state index contributed by atoms with van der Waals surface area (Å²) in [6.07, 6.45) is -2.62. The molecule has 13 heavy (non-hydrogen) atoms. The molecule has 0 aliphatic carbocycles. The SMILES string of the molecule is C=C(CC)CCN(C)CC(F)(F)F. The monoisotopic (exact) mass is 195 g/mol. The maximum atomic E-state index is 11.8. The lowest BCUT2D eigenvalue weighted by atomic mass is 10.1. The Hall–Kier alpha value is -0.510. The minimum atomic E-state index is -4.09. The van der Waals surface area contributed by atoms with Gasteiger partial charge in [0.15, 0.2) is 0 Å². The van der Waals surface area contributed by atoms with Gasteiger partial charge in [-0.15, -0.1) is 0 Å². The van der Waals surface area contributed by atoms with E-state index in [-0.39, 0.29) is 0 Å². The molecule has 0 saturated carbocycles. The molecule has 0 radical (unpaired) electrons. The van der Waals surface area contributed by atoms with Crippen molar-refractivity contribution in [1.29, 1.82) is 0 Å². The Morgan fingerprint density at radius 2 is 1.92 bits per heavy atom. The molecule has 0 aromatic rings. The van der Waals surface area contributed by atoms with Crippen molar-refractivity contribution in [2.45, 2.75) is 25.9 Å². The van der Waals surface area contributed by atoms with Gasteiger partial charge in [0, 0.05) is 6.54 Å². The molecular weight excluding hydrogens is 179 g/mol. The second-order valence-electron chi connectivity index (χ2n) is 3.21. The van der Waals surface area contributed by atoms with Crippen molar-refractivity contribution < 1.29 is 13.2 Å². The van der Waals surface area contributed by atoms with Crippen molar-refractivity contribution in [3.8, 4) is 0 Å². The van der Waals surface area contributed by atoms with Crippen LogP contribution in [0, 0.1) is 0 Å². The Balaban J connectivity index is 3.63. The van der Waals surface area contributed by atoms with Gasteiger partial charge in [0.05, 0.1) is 6.54 Å². The highest BCUT2D eigenvalue weighted by atomic mass is 19.4. The van der Waals surface area contributed by atoms with E-state index in [0.717, 1.165) is 12.0 Å². The quantitative estimate of drug-likeness (QED) is 0.610. The summed E-state index contributed by atoms with van der Waals surface area (Å²) in [5.41, 5.74) is 0.994. The molecular formula is C9H16F3N. The second kappa shape index (κ2) is 5.27. The summed E-state index contributed by atoms with van der Waals surface area (Å²) >= 11 is 0. The third kappa shape index (κ3) is 7.84. The zero-order valence-corrected chi connectivity index (χ0v) is 8.12. The first-order valence-corrected chi connectivity index (χ1v) is 4.27. The van der Waals surface area contributed by atoms with E-state index in [9.17, 15) is 13.2 Å². The van der Waals surface area contributed by atoms with Gasteiger partial charge in [-0.2, -0.15) is 13.2 Å². The third-order valence-corrected chi connectivity index (χ3v) is 1.80. The molecule has 0 heterocycles. The Labute approximate surface area is 77.2 Å². The van der Waals surface area contributed by atoms with Crippen LogP contribution in [0.3, 0.4) is 0 Å². The molecule has 4 heteroatoms. The van der Waals surface area contributed by atoms with Crippen molar-refractivity contribution in [3.05, 3.63) is 12.2 Å². The lowest BCUT2D eigenvalue weighted by Gasteiger charge is -2.18. The van der Waals surface area contributed by atoms with E-state index in [1.54, 1.807) is 0 Å². The van der Waals surface area contributed by atoms with Crippen LogP contribution in [0.25, 0.3) is 0 Å². The largest absolute Gasteiger partial charge is 0.401 e. The summed E-state index contributed by atoms with van der Waals surface area (Å²) in [5, 5.41) is 0. The number of halogens is 3. The summed E-state index contributed by atoms with van der Waals surface area (Å²) in [5.74, 6) is 0. The predicted octanol–water partition coefficient (Wildman–Crippen LogP) is 2.84. The predicted molar refractivity (Wildman–Crippen MR) is 47.6 cm³/mol. The summed E-state index contributed by atoms with van der Waals surface area (Å²) in [6.45, 7) is 5.26. The summed E-state index contributed by atoms with van der Waals surface area (Å²) in [7, 11) is 1.47. The van der Waals surface area contributed by atoms with Crippen LogP contribution in [0.2, 0.25) is 0 Å². The van der Waals surface area contributed by atoms with Crippen LogP contribution in [0.1, 0.15) is 19.8 Å². The van der Waals surface area contributed by atoms with Gasteiger partial charge >= 0.3 is 6.18 Å². The molecule has 0 amide bonds. The fourth-order valence-corrected chi connectivity index (χ4v) is 0.911. The highest BCUT2D eigenvalue weighted by molar-refractivity contribution is 4.92. The smallest absolute Gasteiger partial charge is 0.298 e. The van der Waals surface area contributed by atoms with Gasteiger partial charge in [-0.1, -0.05) is 19.1 Å². The van der Waals surface area contributed by atoms with Crippen LogP contribution in [0.15, 0.2) is 12.2 Å². The van der Waals surface area contributed by atoms with Crippen molar-refractivity contribution in [3.63, 3.8) is 0 Å². The van der Waals surface area contributed by atoms with Gasteiger partial charge in [0.2, 0.25) is 0 Å². The van der Waals surface area contributed by atoms with Crippen molar-refractivity contribution in [1.82, 2.24) is 4.90 Å². The van der Waals surface area contributed by atoms with Gasteiger partial charge in [0.25, 0.3) is 0 Å². The zero-order chi connectivity index (χ0) is 10.5. The van der Waals surface area contributed by atoms with E-state index in [1.807, 2.05) is 6.92 Å². The average molecular weight is 195 g/mol. The molecule has 0 aromatic heterocycles. The molecule has 0 atom stereocenters. The average Bonchev–Trinajstić information content (AvgIpc) is 1.97. The van der Waals surface area contributed by atoms with Gasteiger partial charge < -0.3 is 0 Å². The number of alkyl halides is 3. The lowest BCUT2D eigenvalue weighted by molar-refractivity contribution is -0.142. The summed E-state index contributed by atoms with van der Waals surface area (Å²) < 4.78 is 35.5. The maximum Gasteiger partial charge on any atom is 0.401 e. The molecule has 78 valence electrons. The molecule has 0 unspecified atom stereocenters. The van der Waals surface area contributed by atoms with E-state index >= 15 is 0 Å². The van der Waals surface area contributed by atoms with E-state index in [4.69, 9.17) is 0 Å². The molecule has 0 saturated heterocycles. The van der Waals surface area contributed by atoms with Crippen LogP contribution < -0.4 is 0 Å². The molecule has 0 N–H and O–H groups in total. The Morgan fingerprint density at radius 3 is 2.31 bits per heavy atom. The Bertz CT molecular complexity index is 163. The Morgan fingerprint density at radius 1 is 1.38 bits per heavy atom. The van der Waals surface area contributed by atoms with E-state index in [0.29, 0.717) is 13.0 Å². The fourth-order valence-electron chi connectivity index (χ4n) is 0.911. The first-order valence-electron chi connectivity index (χ1n) is 4.27. The van der Waals surface area contributed by atoms with Gasteiger partial charge in [-0.3, -0.25) is 4.90 Å². The van der Waals surface area contributed by atoms with Gasteiger partial charge in [-0.05, 0) is 19.9 Å². The minimum Gasteiger partial charge on any atom is -0.298 e. The van der Waals surface area contributed by atoms with Crippen molar-refractivity contribution in [2.24, 2.45) is 0 Å². The molecule has 0 aliphatic heterocycles. The molecule has 0 aliphatic rings. The van der Waals surface area contributed by atoms with E-state index in [1.165, 1.54) is 11.9 Å². The number of rotatable bonds is 5. The zero-order valence-electron chi connectivity index (χ0n) is 8.12. The summed E-state index contributed by atoms with van der Waals surface area (Å²) in [4.78, 5) is 1.26. The van der Waals surface area contributed by atoms with Crippen molar-refractivity contribution >= 4 is 0 Å². The fraction of sp³-hybridized carbons (Fsp3) is 0.778. The lowest BCUT2D eigenvalue weighted by Crippen LogP contribution is -2.31. The maximum absolute atomic E-state index is 11.8. The van der Waals surface area contributed by atoms with Crippen molar-refractivity contribution in [2.75, 3.05) is 20.1 Å². The molecule has 0 bridgehead atoms. The number of hydrogen-bond acceptors (Lipinski definition) is 1. The third-order valence-electron chi connectivity index (χ3n) is 1.80. The molecule has 0 fully saturated rings. The van der Waals surface area contributed by atoms with E-state index < -0.39 is 12.7 Å². The first kappa shape index (κ1) is 12.5. The number of hydrogen-bond donors (Lipinski definition) is 0. The second-order valence-corrected chi connectivity index (χ2v) is 3.21. The topological polar surface area (TPSA) is 3.24 Å². The Kier molecular flexibility index (Phi) is 5.06. The van der Waals surface area contributed by atoms with Gasteiger partial charge in [0.1, 0.15) is 0 Å². The highest BCUT2D eigenvalue weighted by Crippen LogP contribution is 2.16. The van der Waals surface area contributed by atoms with Gasteiger partial charge in [-0.25, -0.2) is 0 Å². The summed E-state index contributed by atoms with van der Waals surface area (Å²) in [6, 6.07) is 0. The van der Waals surface area contributed by atoms with Crippen LogP contribution in [0.4, 0.5) is 13.2 Å². The molecule has 0 spiro atoms.